The maximum atomic E-state index is 12.3. The second kappa shape index (κ2) is 13.9. The topological polar surface area (TPSA) is 66.0 Å². The van der Waals surface area contributed by atoms with Crippen molar-refractivity contribution in [3.8, 4) is 0 Å². The lowest BCUT2D eigenvalue weighted by molar-refractivity contribution is 0.0773. The van der Waals surface area contributed by atoms with Gasteiger partial charge in [0.25, 0.3) is 5.91 Å². The largest absolute Gasteiger partial charge is 0.380 e. The molecule has 1 rings (SSSR count). The summed E-state index contributed by atoms with van der Waals surface area (Å²) in [5.41, 5.74) is 1.82. The van der Waals surface area contributed by atoms with Crippen molar-refractivity contribution in [1.29, 1.82) is 0 Å². The fraction of sp³-hybridized carbons (Fsp3) is 0.556. The number of carbonyl (C=O) groups is 1. The molecule has 0 aliphatic heterocycles. The smallest absolute Gasteiger partial charge is 0.253 e. The van der Waals surface area contributed by atoms with Gasteiger partial charge in [-0.3, -0.25) is 9.79 Å². The summed E-state index contributed by atoms with van der Waals surface area (Å²) in [5, 5.41) is 6.43. The lowest BCUT2D eigenvalue weighted by atomic mass is 10.1. The van der Waals surface area contributed by atoms with E-state index < -0.39 is 0 Å². The molecule has 7 heteroatoms. The van der Waals surface area contributed by atoms with Crippen LogP contribution in [0.1, 0.15) is 36.7 Å². The second-order valence-electron chi connectivity index (χ2n) is 5.22. The summed E-state index contributed by atoms with van der Waals surface area (Å²) in [6.07, 6.45) is 0. The highest BCUT2D eigenvalue weighted by Gasteiger charge is 2.11. The van der Waals surface area contributed by atoms with Crippen LogP contribution in [0.3, 0.4) is 0 Å². The van der Waals surface area contributed by atoms with Gasteiger partial charge in [0.2, 0.25) is 0 Å². The van der Waals surface area contributed by atoms with E-state index in [9.17, 15) is 4.79 Å². The molecule has 0 bridgehead atoms. The fourth-order valence-electron chi connectivity index (χ4n) is 2.25. The highest BCUT2D eigenvalue weighted by atomic mass is 127. The summed E-state index contributed by atoms with van der Waals surface area (Å²) < 4.78 is 5.28. The predicted octanol–water partition coefficient (Wildman–Crippen LogP) is 2.49. The van der Waals surface area contributed by atoms with Gasteiger partial charge in [0.1, 0.15) is 0 Å². The van der Waals surface area contributed by atoms with Crippen LogP contribution in [0.25, 0.3) is 0 Å². The minimum Gasteiger partial charge on any atom is -0.380 e. The Bertz CT molecular complexity index is 516. The highest BCUT2D eigenvalue weighted by Crippen LogP contribution is 2.08. The third kappa shape index (κ3) is 8.53. The molecule has 0 spiro atoms. The van der Waals surface area contributed by atoms with E-state index in [0.717, 1.165) is 30.2 Å². The van der Waals surface area contributed by atoms with Crippen molar-refractivity contribution in [1.82, 2.24) is 15.5 Å². The Balaban J connectivity index is 0.00000576. The molecule has 1 aromatic rings. The maximum absolute atomic E-state index is 12.3. The molecule has 142 valence electrons. The van der Waals surface area contributed by atoms with Crippen molar-refractivity contribution < 1.29 is 9.53 Å². The molecule has 25 heavy (non-hydrogen) atoms. The molecule has 0 saturated carbocycles. The van der Waals surface area contributed by atoms with E-state index in [0.29, 0.717) is 26.3 Å². The van der Waals surface area contributed by atoms with Crippen LogP contribution in [0.15, 0.2) is 29.3 Å². The molecular weight excluding hydrogens is 431 g/mol. The molecule has 6 nitrogen and oxygen atoms in total. The van der Waals surface area contributed by atoms with Crippen molar-refractivity contribution >= 4 is 35.8 Å². The van der Waals surface area contributed by atoms with Crippen LogP contribution >= 0.6 is 24.0 Å². The van der Waals surface area contributed by atoms with E-state index in [1.165, 1.54) is 0 Å². The van der Waals surface area contributed by atoms with Crippen LogP contribution in [0.5, 0.6) is 0 Å². The Morgan fingerprint density at radius 3 is 2.28 bits per heavy atom. The summed E-state index contributed by atoms with van der Waals surface area (Å²) >= 11 is 0. The van der Waals surface area contributed by atoms with E-state index in [4.69, 9.17) is 4.74 Å². The number of ether oxygens (including phenoxy) is 1. The number of carbonyl (C=O) groups excluding carboxylic acids is 1. The van der Waals surface area contributed by atoms with Crippen LogP contribution in [0.4, 0.5) is 0 Å². The van der Waals surface area contributed by atoms with Gasteiger partial charge in [0.15, 0.2) is 5.96 Å². The SMILES string of the molecule is CCOCCNC(=NC)NCc1ccc(C(=O)N(CC)CC)cc1.I. The molecule has 1 aromatic carbocycles. The Labute approximate surface area is 168 Å². The Morgan fingerprint density at radius 2 is 1.76 bits per heavy atom. The van der Waals surface area contributed by atoms with E-state index in [1.54, 1.807) is 7.05 Å². The quantitative estimate of drug-likeness (QED) is 0.256. The minimum absolute atomic E-state index is 0. The number of nitrogens with one attached hydrogen (secondary N) is 2. The van der Waals surface area contributed by atoms with Gasteiger partial charge < -0.3 is 20.3 Å². The summed E-state index contributed by atoms with van der Waals surface area (Å²) in [7, 11) is 1.74. The van der Waals surface area contributed by atoms with Gasteiger partial charge in [0, 0.05) is 45.4 Å². The zero-order chi connectivity index (χ0) is 17.8. The standard InChI is InChI=1S/C18H30N4O2.HI/c1-5-22(6-2)17(23)16-10-8-15(9-11-16)14-21-18(19-4)20-12-13-24-7-3;/h8-11H,5-7,12-14H2,1-4H3,(H2,19,20,21);1H. The molecule has 1 amide bonds. The average molecular weight is 462 g/mol. The number of benzene rings is 1. The van der Waals surface area contributed by atoms with E-state index in [2.05, 4.69) is 15.6 Å². The van der Waals surface area contributed by atoms with Crippen molar-refractivity contribution in [2.75, 3.05) is 39.9 Å². The van der Waals surface area contributed by atoms with Crippen molar-refractivity contribution in [3.05, 3.63) is 35.4 Å². The molecule has 0 atom stereocenters. The van der Waals surface area contributed by atoms with Crippen LogP contribution in [0, 0.1) is 0 Å². The number of amides is 1. The lowest BCUT2D eigenvalue weighted by Gasteiger charge is -2.18. The molecule has 0 fully saturated rings. The normalized spacial score (nSPS) is 10.8. The first kappa shape index (κ1) is 23.6. The summed E-state index contributed by atoms with van der Waals surface area (Å²) in [5.74, 6) is 0.811. The van der Waals surface area contributed by atoms with Gasteiger partial charge >= 0.3 is 0 Å². The van der Waals surface area contributed by atoms with Crippen molar-refractivity contribution in [2.45, 2.75) is 27.3 Å². The maximum Gasteiger partial charge on any atom is 0.253 e. The first-order chi connectivity index (χ1) is 11.7. The Morgan fingerprint density at radius 1 is 1.12 bits per heavy atom. The fourth-order valence-corrected chi connectivity index (χ4v) is 2.25. The number of nitrogens with zero attached hydrogens (tertiary/aromatic N) is 2. The van der Waals surface area contributed by atoms with Crippen molar-refractivity contribution in [2.24, 2.45) is 4.99 Å². The molecule has 0 aliphatic carbocycles. The van der Waals surface area contributed by atoms with E-state index in [1.807, 2.05) is 49.9 Å². The highest BCUT2D eigenvalue weighted by molar-refractivity contribution is 14.0. The van der Waals surface area contributed by atoms with Gasteiger partial charge in [-0.1, -0.05) is 12.1 Å². The predicted molar refractivity (Wildman–Crippen MR) is 114 cm³/mol. The number of aliphatic imine (C=N–C) groups is 1. The third-order valence-electron chi connectivity index (χ3n) is 3.68. The minimum atomic E-state index is 0. The zero-order valence-corrected chi connectivity index (χ0v) is 18.0. The molecule has 2 N–H and O–H groups in total. The summed E-state index contributed by atoms with van der Waals surface area (Å²) in [6, 6.07) is 7.69. The van der Waals surface area contributed by atoms with Crippen LogP contribution < -0.4 is 10.6 Å². The first-order valence-corrected chi connectivity index (χ1v) is 8.56. The number of hydrogen-bond donors (Lipinski definition) is 2. The van der Waals surface area contributed by atoms with Gasteiger partial charge in [-0.05, 0) is 38.5 Å². The molecule has 0 unspecified atom stereocenters. The van der Waals surface area contributed by atoms with Gasteiger partial charge in [-0.15, -0.1) is 24.0 Å². The summed E-state index contributed by atoms with van der Waals surface area (Å²) in [6.45, 7) is 10.1. The van der Waals surface area contributed by atoms with Gasteiger partial charge in [-0.2, -0.15) is 0 Å². The second-order valence-corrected chi connectivity index (χ2v) is 5.22. The van der Waals surface area contributed by atoms with E-state index >= 15 is 0 Å². The number of hydrogen-bond acceptors (Lipinski definition) is 3. The Kier molecular flexibility index (Phi) is 13.1. The van der Waals surface area contributed by atoms with Crippen LogP contribution in [-0.4, -0.2) is 56.7 Å². The van der Waals surface area contributed by atoms with Crippen LogP contribution in [-0.2, 0) is 11.3 Å². The van der Waals surface area contributed by atoms with Crippen molar-refractivity contribution in [3.63, 3.8) is 0 Å². The average Bonchev–Trinajstić information content (AvgIpc) is 2.62. The third-order valence-corrected chi connectivity index (χ3v) is 3.68. The lowest BCUT2D eigenvalue weighted by Crippen LogP contribution is -2.38. The molecule has 0 heterocycles. The molecule has 0 aliphatic rings. The van der Waals surface area contributed by atoms with Gasteiger partial charge in [0.05, 0.1) is 6.61 Å². The van der Waals surface area contributed by atoms with E-state index in [-0.39, 0.29) is 29.9 Å². The number of rotatable bonds is 9. The summed E-state index contributed by atoms with van der Waals surface area (Å²) in [4.78, 5) is 18.3. The zero-order valence-electron chi connectivity index (χ0n) is 15.7. The van der Waals surface area contributed by atoms with Gasteiger partial charge in [-0.25, -0.2) is 0 Å². The number of guanidine groups is 1. The molecule has 0 aromatic heterocycles. The number of halogens is 1. The van der Waals surface area contributed by atoms with Crippen LogP contribution in [0.2, 0.25) is 0 Å². The first-order valence-electron chi connectivity index (χ1n) is 8.56. The molecular formula is C18H31IN4O2. The molecule has 0 radical (unpaired) electrons. The Hall–Kier alpha value is -1.35. The molecule has 0 saturated heterocycles. The monoisotopic (exact) mass is 462 g/mol.